The Hall–Kier alpha value is -2.50. The van der Waals surface area contributed by atoms with E-state index >= 15 is 0 Å². The lowest BCUT2D eigenvalue weighted by Gasteiger charge is -2.10. The zero-order valence-corrected chi connectivity index (χ0v) is 29.8. The van der Waals surface area contributed by atoms with Crippen LogP contribution < -0.4 is 21.3 Å². The normalized spacial score (nSPS) is 11.6. The van der Waals surface area contributed by atoms with Gasteiger partial charge in [-0.15, -0.1) is 0 Å². The number of nitrogens with one attached hydrogen (secondary N) is 4. The van der Waals surface area contributed by atoms with Crippen LogP contribution in [-0.4, -0.2) is 39.3 Å². The summed E-state index contributed by atoms with van der Waals surface area (Å²) in [4.78, 5) is 0. The standard InChI is InChI=1S/C42H66N4/c1-35(2)15-9-8-12-26-43-29-14-30-46-34-38-20-24-40(25-21-38)42-17-13-16-41(31-42)39-22-18-37(19-23-39)33-45-28-11-7-5-6-10-27-44-32-36(3)4/h13,16-25,31,35-36,43-46H,5-12,14-15,26-30,32-34H2,1-4H3. The van der Waals surface area contributed by atoms with E-state index in [-0.39, 0.29) is 0 Å². The Morgan fingerprint density at radius 3 is 1.41 bits per heavy atom. The molecule has 0 fully saturated rings. The molecule has 4 heteroatoms. The third-order valence-corrected chi connectivity index (χ3v) is 8.70. The van der Waals surface area contributed by atoms with Gasteiger partial charge in [0.1, 0.15) is 0 Å². The molecule has 3 aromatic rings. The Kier molecular flexibility index (Phi) is 19.6. The molecule has 0 spiro atoms. The predicted molar refractivity (Wildman–Crippen MR) is 202 cm³/mol. The molecule has 0 amide bonds. The molecule has 4 N–H and O–H groups in total. The van der Waals surface area contributed by atoms with E-state index in [4.69, 9.17) is 0 Å². The van der Waals surface area contributed by atoms with E-state index in [1.807, 2.05) is 0 Å². The molecule has 0 aromatic heterocycles. The van der Waals surface area contributed by atoms with Crippen molar-refractivity contribution >= 4 is 0 Å². The fourth-order valence-corrected chi connectivity index (χ4v) is 5.84. The summed E-state index contributed by atoms with van der Waals surface area (Å²) >= 11 is 0. The van der Waals surface area contributed by atoms with Crippen LogP contribution in [0.2, 0.25) is 0 Å². The summed E-state index contributed by atoms with van der Waals surface area (Å²) < 4.78 is 0. The lowest BCUT2D eigenvalue weighted by molar-refractivity contribution is 0.511. The average molecular weight is 627 g/mol. The summed E-state index contributed by atoms with van der Waals surface area (Å²) in [6, 6.07) is 27.1. The monoisotopic (exact) mass is 627 g/mol. The van der Waals surface area contributed by atoms with Crippen molar-refractivity contribution in [3.8, 4) is 22.3 Å². The smallest absolute Gasteiger partial charge is 0.0205 e. The zero-order valence-electron chi connectivity index (χ0n) is 29.8. The maximum Gasteiger partial charge on any atom is 0.0205 e. The van der Waals surface area contributed by atoms with Crippen molar-refractivity contribution < 1.29 is 0 Å². The maximum atomic E-state index is 3.63. The molecule has 254 valence electrons. The van der Waals surface area contributed by atoms with E-state index in [1.54, 1.807) is 0 Å². The molecule has 0 atom stereocenters. The fourth-order valence-electron chi connectivity index (χ4n) is 5.84. The summed E-state index contributed by atoms with van der Waals surface area (Å²) in [5.74, 6) is 1.59. The van der Waals surface area contributed by atoms with Crippen molar-refractivity contribution in [1.82, 2.24) is 21.3 Å². The van der Waals surface area contributed by atoms with Crippen LogP contribution in [-0.2, 0) is 13.1 Å². The highest BCUT2D eigenvalue weighted by atomic mass is 14.9. The Balaban J connectivity index is 1.29. The summed E-state index contributed by atoms with van der Waals surface area (Å²) in [7, 11) is 0. The van der Waals surface area contributed by atoms with Gasteiger partial charge in [-0.2, -0.15) is 0 Å². The van der Waals surface area contributed by atoms with E-state index in [0.717, 1.165) is 57.6 Å². The molecular weight excluding hydrogens is 560 g/mol. The van der Waals surface area contributed by atoms with E-state index in [9.17, 15) is 0 Å². The van der Waals surface area contributed by atoms with E-state index in [2.05, 4.69) is 122 Å². The van der Waals surface area contributed by atoms with E-state index < -0.39 is 0 Å². The van der Waals surface area contributed by atoms with Crippen molar-refractivity contribution in [3.63, 3.8) is 0 Å². The average Bonchev–Trinajstić information content (AvgIpc) is 3.06. The Morgan fingerprint density at radius 1 is 0.413 bits per heavy atom. The van der Waals surface area contributed by atoms with Gasteiger partial charge >= 0.3 is 0 Å². The molecule has 0 aliphatic heterocycles. The summed E-state index contributed by atoms with van der Waals surface area (Å²) in [6.45, 7) is 17.7. The van der Waals surface area contributed by atoms with Crippen LogP contribution >= 0.6 is 0 Å². The first kappa shape index (κ1) is 38.0. The third-order valence-electron chi connectivity index (χ3n) is 8.70. The first-order chi connectivity index (χ1) is 22.5. The van der Waals surface area contributed by atoms with Crippen LogP contribution in [0.5, 0.6) is 0 Å². The van der Waals surface area contributed by atoms with Gasteiger partial charge in [0.05, 0.1) is 0 Å². The molecule has 0 radical (unpaired) electrons. The van der Waals surface area contributed by atoms with Gasteiger partial charge < -0.3 is 21.3 Å². The number of hydrogen-bond donors (Lipinski definition) is 4. The molecule has 3 rings (SSSR count). The fraction of sp³-hybridized carbons (Fsp3) is 0.571. The zero-order chi connectivity index (χ0) is 32.7. The number of rotatable bonds is 26. The van der Waals surface area contributed by atoms with Crippen LogP contribution in [0.3, 0.4) is 0 Å². The largest absolute Gasteiger partial charge is 0.317 e. The number of hydrogen-bond acceptors (Lipinski definition) is 4. The second kappa shape index (κ2) is 23.8. The number of unbranched alkanes of at least 4 members (excludes halogenated alkanes) is 6. The van der Waals surface area contributed by atoms with Gasteiger partial charge in [-0.1, -0.05) is 133 Å². The lowest BCUT2D eigenvalue weighted by Crippen LogP contribution is -2.22. The van der Waals surface area contributed by atoms with Crippen LogP contribution in [0.15, 0.2) is 72.8 Å². The van der Waals surface area contributed by atoms with Gasteiger partial charge in [0.2, 0.25) is 0 Å². The van der Waals surface area contributed by atoms with Gasteiger partial charge in [-0.3, -0.25) is 0 Å². The predicted octanol–water partition coefficient (Wildman–Crippen LogP) is 9.59. The number of benzene rings is 3. The van der Waals surface area contributed by atoms with Crippen LogP contribution in [0, 0.1) is 11.8 Å². The molecule has 0 saturated heterocycles. The van der Waals surface area contributed by atoms with Gasteiger partial charge in [0, 0.05) is 13.1 Å². The minimum Gasteiger partial charge on any atom is -0.317 e. The SMILES string of the molecule is CC(C)CCCCCNCCCNCc1ccc(-c2cccc(-c3ccc(CNCCCCCCCNCC(C)C)cc3)c2)cc1. The van der Waals surface area contributed by atoms with Crippen molar-refractivity contribution in [1.29, 1.82) is 0 Å². The van der Waals surface area contributed by atoms with Crippen LogP contribution in [0.1, 0.15) is 103 Å². The third kappa shape index (κ3) is 16.9. The first-order valence-corrected chi connectivity index (χ1v) is 18.6. The molecule has 0 bridgehead atoms. The quantitative estimate of drug-likeness (QED) is 0.0670. The molecule has 0 saturated carbocycles. The highest BCUT2D eigenvalue weighted by Crippen LogP contribution is 2.27. The second-order valence-electron chi connectivity index (χ2n) is 14.0. The minimum absolute atomic E-state index is 0.747. The van der Waals surface area contributed by atoms with Gasteiger partial charge in [0.15, 0.2) is 0 Å². The van der Waals surface area contributed by atoms with Crippen LogP contribution in [0.4, 0.5) is 0 Å². The minimum atomic E-state index is 0.747. The summed E-state index contributed by atoms with van der Waals surface area (Å²) in [6.07, 6.45) is 13.1. The Bertz CT molecular complexity index is 1060. The molecule has 0 aliphatic rings. The van der Waals surface area contributed by atoms with Crippen molar-refractivity contribution in [2.45, 2.75) is 105 Å². The molecule has 0 heterocycles. The first-order valence-electron chi connectivity index (χ1n) is 18.6. The Labute approximate surface area is 283 Å². The summed E-state index contributed by atoms with van der Waals surface area (Å²) in [5, 5.41) is 14.4. The topological polar surface area (TPSA) is 48.1 Å². The van der Waals surface area contributed by atoms with Gasteiger partial charge in [-0.05, 0) is 116 Å². The maximum absolute atomic E-state index is 3.63. The van der Waals surface area contributed by atoms with Crippen LogP contribution in [0.25, 0.3) is 22.3 Å². The molecule has 0 unspecified atom stereocenters. The van der Waals surface area contributed by atoms with Gasteiger partial charge in [0.25, 0.3) is 0 Å². The molecule has 0 aliphatic carbocycles. The molecule has 4 nitrogen and oxygen atoms in total. The molecular formula is C42H66N4. The van der Waals surface area contributed by atoms with Crippen molar-refractivity contribution in [3.05, 3.63) is 83.9 Å². The van der Waals surface area contributed by atoms with E-state index in [0.29, 0.717) is 0 Å². The summed E-state index contributed by atoms with van der Waals surface area (Å²) in [5.41, 5.74) is 7.77. The van der Waals surface area contributed by atoms with Gasteiger partial charge in [-0.25, -0.2) is 0 Å². The van der Waals surface area contributed by atoms with Crippen molar-refractivity contribution in [2.75, 3.05) is 39.3 Å². The molecule has 46 heavy (non-hydrogen) atoms. The van der Waals surface area contributed by atoms with Crippen molar-refractivity contribution in [2.24, 2.45) is 11.8 Å². The Morgan fingerprint density at radius 2 is 0.870 bits per heavy atom. The lowest BCUT2D eigenvalue weighted by atomic mass is 9.98. The molecule has 3 aromatic carbocycles. The van der Waals surface area contributed by atoms with E-state index in [1.165, 1.54) is 104 Å². The second-order valence-corrected chi connectivity index (χ2v) is 14.0. The highest BCUT2D eigenvalue weighted by molar-refractivity contribution is 5.73. The highest BCUT2D eigenvalue weighted by Gasteiger charge is 2.04.